The predicted octanol–water partition coefficient (Wildman–Crippen LogP) is 4.65. The minimum atomic E-state index is -1.16. The van der Waals surface area contributed by atoms with Crippen LogP contribution in [0.25, 0.3) is 10.1 Å². The number of fused-ring (bicyclic) bond motifs is 1. The Balaban J connectivity index is 1.53. The first-order chi connectivity index (χ1) is 14.3. The van der Waals surface area contributed by atoms with Gasteiger partial charge in [-0.05, 0) is 31.2 Å². The number of esters is 1. The van der Waals surface area contributed by atoms with E-state index in [1.165, 1.54) is 24.3 Å². The predicted molar refractivity (Wildman–Crippen MR) is 115 cm³/mol. The van der Waals surface area contributed by atoms with Crippen LogP contribution in [0.15, 0.2) is 42.5 Å². The number of amides is 2. The van der Waals surface area contributed by atoms with Crippen molar-refractivity contribution >= 4 is 68.1 Å². The van der Waals surface area contributed by atoms with E-state index in [0.717, 1.165) is 22.2 Å². The van der Waals surface area contributed by atoms with Gasteiger partial charge in [0, 0.05) is 10.1 Å². The highest BCUT2D eigenvalue weighted by Gasteiger charge is 2.21. The molecular weight excluding hydrogens is 454 g/mol. The maximum Gasteiger partial charge on any atom is 0.326 e. The van der Waals surface area contributed by atoms with Crippen LogP contribution in [0.1, 0.15) is 16.6 Å². The Hall–Kier alpha value is -2.68. The number of nitrogens with one attached hydrogen (secondary N) is 2. The first kappa shape index (κ1) is 22.0. The number of carbonyl (C=O) groups excluding carboxylic acids is 3. The fourth-order valence-corrected chi connectivity index (χ4v) is 4.16. The van der Waals surface area contributed by atoms with E-state index >= 15 is 0 Å². The van der Waals surface area contributed by atoms with Gasteiger partial charge in [-0.25, -0.2) is 4.39 Å². The van der Waals surface area contributed by atoms with Gasteiger partial charge in [0.15, 0.2) is 6.10 Å². The van der Waals surface area contributed by atoms with Gasteiger partial charge in [0.25, 0.3) is 11.8 Å². The van der Waals surface area contributed by atoms with Gasteiger partial charge in [0.1, 0.15) is 17.2 Å². The van der Waals surface area contributed by atoms with Crippen LogP contribution >= 0.6 is 34.5 Å². The maximum atomic E-state index is 13.1. The number of thiophene rings is 1. The second kappa shape index (κ2) is 9.42. The number of anilines is 1. The van der Waals surface area contributed by atoms with E-state index in [1.807, 2.05) is 18.2 Å². The maximum absolute atomic E-state index is 13.1. The fraction of sp³-hybridized carbons (Fsp3) is 0.150. The van der Waals surface area contributed by atoms with Gasteiger partial charge < -0.3 is 15.4 Å². The normalized spacial score (nSPS) is 11.7. The Morgan fingerprint density at radius 3 is 2.60 bits per heavy atom. The summed E-state index contributed by atoms with van der Waals surface area (Å²) in [6, 6.07) is 10.7. The lowest BCUT2D eigenvalue weighted by molar-refractivity contribution is -0.152. The van der Waals surface area contributed by atoms with Crippen molar-refractivity contribution in [3.8, 4) is 0 Å². The second-order valence-corrected chi connectivity index (χ2v) is 8.01. The molecule has 0 fully saturated rings. The Morgan fingerprint density at radius 2 is 1.90 bits per heavy atom. The average Bonchev–Trinajstić information content (AvgIpc) is 3.05. The van der Waals surface area contributed by atoms with E-state index in [4.69, 9.17) is 27.9 Å². The molecule has 10 heteroatoms. The van der Waals surface area contributed by atoms with E-state index < -0.39 is 36.2 Å². The molecule has 0 spiro atoms. The highest BCUT2D eigenvalue weighted by molar-refractivity contribution is 7.21. The molecule has 6 nitrogen and oxygen atoms in total. The zero-order chi connectivity index (χ0) is 21.8. The molecule has 1 unspecified atom stereocenters. The Morgan fingerprint density at radius 1 is 1.17 bits per heavy atom. The fourth-order valence-electron chi connectivity index (χ4n) is 2.51. The second-order valence-electron chi connectivity index (χ2n) is 6.17. The summed E-state index contributed by atoms with van der Waals surface area (Å²) in [5.74, 6) is -2.54. The Labute approximate surface area is 184 Å². The lowest BCUT2D eigenvalue weighted by atomic mass is 10.2. The van der Waals surface area contributed by atoms with E-state index in [2.05, 4.69) is 10.6 Å². The molecule has 2 amide bonds. The standard InChI is InChI=1S/C20H15Cl2FN2O4S/c1-10(19(27)25-14-7-6-11(23)8-13(14)21)29-16(26)9-24-20(28)18-17(22)12-4-2-3-5-15(12)30-18/h2-8,10H,9H2,1H3,(H,24,28)(H,25,27). The molecule has 156 valence electrons. The van der Waals surface area contributed by atoms with Gasteiger partial charge in [-0.15, -0.1) is 11.3 Å². The molecule has 0 saturated heterocycles. The van der Waals surface area contributed by atoms with Crippen LogP contribution in [0.3, 0.4) is 0 Å². The number of benzene rings is 2. The van der Waals surface area contributed by atoms with Crippen molar-refractivity contribution in [2.45, 2.75) is 13.0 Å². The third kappa shape index (κ3) is 5.08. The summed E-state index contributed by atoms with van der Waals surface area (Å²) >= 11 is 13.3. The number of rotatable bonds is 6. The van der Waals surface area contributed by atoms with Crippen molar-refractivity contribution in [2.75, 3.05) is 11.9 Å². The van der Waals surface area contributed by atoms with Gasteiger partial charge >= 0.3 is 5.97 Å². The molecule has 3 aromatic rings. The van der Waals surface area contributed by atoms with Gasteiger partial charge in [-0.3, -0.25) is 14.4 Å². The quantitative estimate of drug-likeness (QED) is 0.515. The lowest BCUT2D eigenvalue weighted by Crippen LogP contribution is -2.35. The largest absolute Gasteiger partial charge is 0.451 e. The van der Waals surface area contributed by atoms with Crippen LogP contribution in [0, 0.1) is 5.82 Å². The third-order valence-electron chi connectivity index (χ3n) is 4.00. The molecule has 0 aliphatic heterocycles. The Bertz CT molecular complexity index is 1140. The number of halogens is 3. The molecule has 0 saturated carbocycles. The number of hydrogen-bond donors (Lipinski definition) is 2. The number of ether oxygens (including phenoxy) is 1. The molecule has 3 rings (SSSR count). The zero-order valence-corrected chi connectivity index (χ0v) is 17.8. The smallest absolute Gasteiger partial charge is 0.326 e. The van der Waals surface area contributed by atoms with Crippen molar-refractivity contribution in [2.24, 2.45) is 0 Å². The first-order valence-electron chi connectivity index (χ1n) is 8.67. The van der Waals surface area contributed by atoms with Crippen LogP contribution in [0.2, 0.25) is 10.0 Å². The lowest BCUT2D eigenvalue weighted by Gasteiger charge is -2.14. The molecule has 0 radical (unpaired) electrons. The molecule has 1 atom stereocenters. The van der Waals surface area contributed by atoms with Crippen molar-refractivity contribution in [3.05, 3.63) is 63.2 Å². The number of carbonyl (C=O) groups is 3. The first-order valence-corrected chi connectivity index (χ1v) is 10.2. The summed E-state index contributed by atoms with van der Waals surface area (Å²) in [5, 5.41) is 5.94. The van der Waals surface area contributed by atoms with Crippen molar-refractivity contribution < 1.29 is 23.5 Å². The molecule has 0 aliphatic rings. The molecular formula is C20H15Cl2FN2O4S. The summed E-state index contributed by atoms with van der Waals surface area (Å²) in [5.41, 5.74) is 0.179. The van der Waals surface area contributed by atoms with Gasteiger partial charge in [-0.1, -0.05) is 41.4 Å². The highest BCUT2D eigenvalue weighted by atomic mass is 35.5. The van der Waals surface area contributed by atoms with E-state index in [9.17, 15) is 18.8 Å². The van der Waals surface area contributed by atoms with Crippen LogP contribution in [-0.4, -0.2) is 30.4 Å². The molecule has 2 aromatic carbocycles. The SMILES string of the molecule is CC(OC(=O)CNC(=O)c1sc2ccccc2c1Cl)C(=O)Nc1ccc(F)cc1Cl. The van der Waals surface area contributed by atoms with Crippen molar-refractivity contribution in [1.82, 2.24) is 5.32 Å². The van der Waals surface area contributed by atoms with Gasteiger partial charge in [-0.2, -0.15) is 0 Å². The molecule has 0 aliphatic carbocycles. The molecule has 30 heavy (non-hydrogen) atoms. The minimum absolute atomic E-state index is 0.00866. The Kier molecular flexibility index (Phi) is 6.91. The molecule has 2 N–H and O–H groups in total. The van der Waals surface area contributed by atoms with E-state index in [0.29, 0.717) is 5.02 Å². The topological polar surface area (TPSA) is 84.5 Å². The monoisotopic (exact) mass is 468 g/mol. The van der Waals surface area contributed by atoms with Crippen LogP contribution in [0.5, 0.6) is 0 Å². The molecule has 1 heterocycles. The van der Waals surface area contributed by atoms with Gasteiger partial charge in [0.05, 0.1) is 15.7 Å². The van der Waals surface area contributed by atoms with Crippen LogP contribution in [-0.2, 0) is 14.3 Å². The molecule has 1 aromatic heterocycles. The minimum Gasteiger partial charge on any atom is -0.451 e. The van der Waals surface area contributed by atoms with Crippen molar-refractivity contribution in [1.29, 1.82) is 0 Å². The average molecular weight is 469 g/mol. The van der Waals surface area contributed by atoms with Crippen LogP contribution < -0.4 is 10.6 Å². The summed E-state index contributed by atoms with van der Waals surface area (Å²) in [7, 11) is 0. The summed E-state index contributed by atoms with van der Waals surface area (Å²) < 4.78 is 18.9. The van der Waals surface area contributed by atoms with E-state index in [1.54, 1.807) is 6.07 Å². The third-order valence-corrected chi connectivity index (χ3v) is 5.99. The summed E-state index contributed by atoms with van der Waals surface area (Å²) in [6.45, 7) is 0.910. The van der Waals surface area contributed by atoms with Crippen LogP contribution in [0.4, 0.5) is 10.1 Å². The summed E-state index contributed by atoms with van der Waals surface area (Å²) in [6.07, 6.45) is -1.16. The zero-order valence-electron chi connectivity index (χ0n) is 15.5. The highest BCUT2D eigenvalue weighted by Crippen LogP contribution is 2.34. The molecule has 0 bridgehead atoms. The van der Waals surface area contributed by atoms with Crippen molar-refractivity contribution in [3.63, 3.8) is 0 Å². The van der Waals surface area contributed by atoms with Gasteiger partial charge in [0.2, 0.25) is 0 Å². The van der Waals surface area contributed by atoms with E-state index in [-0.39, 0.29) is 15.6 Å². The summed E-state index contributed by atoms with van der Waals surface area (Å²) in [4.78, 5) is 36.8. The number of hydrogen-bond acceptors (Lipinski definition) is 5.